The first kappa shape index (κ1) is 33.6. The lowest BCUT2D eigenvalue weighted by molar-refractivity contribution is 0.776. The normalized spacial score (nSPS) is 12.7. The maximum absolute atomic E-state index is 7.34. The third kappa shape index (κ3) is 5.13. The lowest BCUT2D eigenvalue weighted by atomic mass is 9.65. The second kappa shape index (κ2) is 13.2. The van der Waals surface area contributed by atoms with Crippen LogP contribution >= 0.6 is 0 Å². The van der Waals surface area contributed by atoms with E-state index >= 15 is 0 Å². The second-order valence-electron chi connectivity index (χ2n) is 15.3. The maximum Gasteiger partial charge on any atom is 0.187 e. The number of benzene rings is 7. The van der Waals surface area contributed by atoms with Crippen LogP contribution in [-0.2, 0) is 5.41 Å². The molecule has 0 N–H and O–H groups in total. The van der Waals surface area contributed by atoms with Crippen molar-refractivity contribution in [1.82, 2.24) is 9.97 Å². The van der Waals surface area contributed by atoms with Gasteiger partial charge in [0.1, 0.15) is 0 Å². The topological polar surface area (TPSA) is 30.1 Å². The van der Waals surface area contributed by atoms with Gasteiger partial charge in [-0.15, -0.1) is 0 Å². The van der Waals surface area contributed by atoms with Gasteiger partial charge in [-0.2, -0.15) is 0 Å². The summed E-state index contributed by atoms with van der Waals surface area (Å²) in [5.41, 5.74) is 22.0. The van der Waals surface area contributed by atoms with Crippen molar-refractivity contribution in [3.63, 3.8) is 0 Å². The molecule has 2 aromatic heterocycles. The zero-order valence-electron chi connectivity index (χ0n) is 31.8. The summed E-state index contributed by atoms with van der Waals surface area (Å²) in [5.74, 6) is 0. The van der Waals surface area contributed by atoms with Crippen LogP contribution < -0.4 is 0 Å². The van der Waals surface area contributed by atoms with Gasteiger partial charge in [0.2, 0.25) is 0 Å². The molecule has 0 aliphatic heterocycles. The Hall–Kier alpha value is -7.67. The van der Waals surface area contributed by atoms with E-state index in [-0.39, 0.29) is 0 Å². The van der Waals surface area contributed by atoms with E-state index < -0.39 is 5.41 Å². The van der Waals surface area contributed by atoms with E-state index in [0.29, 0.717) is 5.69 Å². The van der Waals surface area contributed by atoms with Crippen molar-refractivity contribution in [3.05, 3.63) is 234 Å². The Morgan fingerprint density at radius 1 is 0.379 bits per heavy atom. The zero-order chi connectivity index (χ0) is 38.8. The van der Waals surface area contributed by atoms with E-state index in [1.807, 2.05) is 36.7 Å². The zero-order valence-corrected chi connectivity index (χ0v) is 31.8. The van der Waals surface area contributed by atoms with Gasteiger partial charge in [0.05, 0.1) is 23.4 Å². The van der Waals surface area contributed by atoms with Gasteiger partial charge in [-0.25, -0.2) is 4.85 Å². The highest BCUT2D eigenvalue weighted by atomic mass is 14.7. The van der Waals surface area contributed by atoms with Gasteiger partial charge < -0.3 is 0 Å². The van der Waals surface area contributed by atoms with Crippen LogP contribution in [0.2, 0.25) is 0 Å². The van der Waals surface area contributed by atoms with E-state index in [4.69, 9.17) is 16.5 Å². The van der Waals surface area contributed by atoms with Crippen molar-refractivity contribution in [2.24, 2.45) is 0 Å². The van der Waals surface area contributed by atoms with Gasteiger partial charge in [0, 0.05) is 29.1 Å². The van der Waals surface area contributed by atoms with Gasteiger partial charge in [-0.05, 0) is 104 Å². The molecule has 270 valence electrons. The predicted octanol–water partition coefficient (Wildman–Crippen LogP) is 14.0. The molecule has 58 heavy (non-hydrogen) atoms. The summed E-state index contributed by atoms with van der Waals surface area (Å²) in [4.78, 5) is 13.5. The minimum atomic E-state index is -0.629. The van der Waals surface area contributed by atoms with Crippen molar-refractivity contribution in [2.45, 2.75) is 12.3 Å². The summed E-state index contributed by atoms with van der Waals surface area (Å²) in [5, 5.41) is 0. The average Bonchev–Trinajstić information content (AvgIpc) is 3.54. The maximum atomic E-state index is 7.34. The summed E-state index contributed by atoms with van der Waals surface area (Å²) >= 11 is 0. The van der Waals surface area contributed by atoms with E-state index in [1.165, 1.54) is 61.2 Å². The highest BCUT2D eigenvalue weighted by Crippen LogP contribution is 2.62. The summed E-state index contributed by atoms with van der Waals surface area (Å²) < 4.78 is 0. The van der Waals surface area contributed by atoms with Gasteiger partial charge in [-0.3, -0.25) is 9.97 Å². The number of hydrogen-bond acceptors (Lipinski definition) is 2. The first-order chi connectivity index (χ1) is 28.6. The summed E-state index contributed by atoms with van der Waals surface area (Å²) in [6, 6.07) is 65.7. The van der Waals surface area contributed by atoms with Crippen LogP contribution in [0.15, 0.2) is 194 Å². The van der Waals surface area contributed by atoms with Gasteiger partial charge in [-0.1, -0.05) is 163 Å². The molecule has 3 nitrogen and oxygen atoms in total. The third-order valence-corrected chi connectivity index (χ3v) is 12.1. The number of nitrogens with zero attached hydrogens (tertiary/aromatic N) is 3. The molecule has 2 aliphatic carbocycles. The lowest BCUT2D eigenvalue weighted by Gasteiger charge is -2.36. The van der Waals surface area contributed by atoms with Crippen LogP contribution in [0.5, 0.6) is 0 Å². The number of rotatable bonds is 4. The molecule has 0 fully saturated rings. The molecular formula is C55H35N3. The summed E-state index contributed by atoms with van der Waals surface area (Å²) in [6.07, 6.45) is 4.00. The Morgan fingerprint density at radius 2 is 0.776 bits per heavy atom. The number of pyridine rings is 2. The Morgan fingerprint density at radius 3 is 1.22 bits per heavy atom. The van der Waals surface area contributed by atoms with Crippen LogP contribution in [0.3, 0.4) is 0 Å². The second-order valence-corrected chi connectivity index (χ2v) is 15.3. The Kier molecular flexibility index (Phi) is 7.67. The molecule has 0 bridgehead atoms. The molecule has 7 aromatic carbocycles. The van der Waals surface area contributed by atoms with Crippen LogP contribution in [-0.4, -0.2) is 9.97 Å². The summed E-state index contributed by atoms with van der Waals surface area (Å²) in [7, 11) is 0. The van der Waals surface area contributed by atoms with E-state index in [1.54, 1.807) is 0 Å². The molecule has 0 saturated heterocycles. The van der Waals surface area contributed by atoms with Crippen LogP contribution in [0.25, 0.3) is 83.0 Å². The molecule has 9 aromatic rings. The van der Waals surface area contributed by atoms with E-state index in [2.05, 4.69) is 169 Å². The monoisotopic (exact) mass is 737 g/mol. The molecule has 3 heteroatoms. The largest absolute Gasteiger partial charge is 0.256 e. The van der Waals surface area contributed by atoms with Gasteiger partial charge >= 0.3 is 0 Å². The van der Waals surface area contributed by atoms with Crippen molar-refractivity contribution in [1.29, 1.82) is 0 Å². The van der Waals surface area contributed by atoms with E-state index in [9.17, 15) is 0 Å². The van der Waals surface area contributed by atoms with Crippen molar-refractivity contribution in [3.8, 4) is 78.1 Å². The smallest absolute Gasteiger partial charge is 0.187 e. The number of aryl methyl sites for hydroxylation is 1. The molecule has 2 heterocycles. The predicted molar refractivity (Wildman–Crippen MR) is 237 cm³/mol. The van der Waals surface area contributed by atoms with Crippen molar-refractivity contribution < 1.29 is 0 Å². The Bertz CT molecular complexity index is 3050. The fraction of sp³-hybridized carbons (Fsp3) is 0.0364. The van der Waals surface area contributed by atoms with Crippen molar-refractivity contribution in [2.75, 3.05) is 0 Å². The standard InChI is InChI=1S/C55H35N3/c1-35-15-17-36(18-16-35)53-29-23-40(33-57-53)38-21-27-47-43-9-3-4-10-44(43)48-28-22-39(41-24-30-54(58-34-41)37-19-25-42(56-2)26-20-37)32-52(48)55(51(47)31-38)49-13-7-5-11-45(49)46-12-6-8-14-50(46)55/h3-34H,1H3. The molecule has 0 atom stereocenters. The highest BCUT2D eigenvalue weighted by Gasteiger charge is 2.49. The fourth-order valence-corrected chi connectivity index (χ4v) is 9.35. The first-order valence-electron chi connectivity index (χ1n) is 19.7. The quantitative estimate of drug-likeness (QED) is 0.168. The highest BCUT2D eigenvalue weighted by molar-refractivity contribution is 5.98. The number of fused-ring (bicyclic) bond motifs is 12. The molecule has 1 spiro atoms. The molecule has 11 rings (SSSR count). The van der Waals surface area contributed by atoms with Gasteiger partial charge in [0.25, 0.3) is 0 Å². The molecule has 0 unspecified atom stereocenters. The van der Waals surface area contributed by atoms with Crippen molar-refractivity contribution >= 4 is 5.69 Å². The Balaban J connectivity index is 1.15. The molecule has 0 radical (unpaired) electrons. The Labute approximate surface area is 338 Å². The fourth-order valence-electron chi connectivity index (χ4n) is 9.35. The van der Waals surface area contributed by atoms with Crippen LogP contribution in [0, 0.1) is 13.5 Å². The first-order valence-corrected chi connectivity index (χ1v) is 19.7. The molecule has 0 saturated carbocycles. The average molecular weight is 738 g/mol. The molecular weight excluding hydrogens is 703 g/mol. The SMILES string of the molecule is [C-]#[N+]c1ccc(-c2ccc(-c3ccc4c(c3)C3(c5cc(-c6ccc(-c7ccc(C)cc7)nc6)ccc5-c5ccccc5-4)c4ccccc4-c4ccccc43)cn2)cc1. The van der Waals surface area contributed by atoms with Crippen LogP contribution in [0.4, 0.5) is 5.69 Å². The lowest BCUT2D eigenvalue weighted by Crippen LogP contribution is -2.29. The minimum Gasteiger partial charge on any atom is -0.256 e. The number of hydrogen-bond donors (Lipinski definition) is 0. The molecule has 0 amide bonds. The number of aromatic nitrogens is 2. The third-order valence-electron chi connectivity index (χ3n) is 12.1. The summed E-state index contributed by atoms with van der Waals surface area (Å²) in [6.45, 7) is 9.45. The van der Waals surface area contributed by atoms with Crippen LogP contribution in [0.1, 0.15) is 27.8 Å². The van der Waals surface area contributed by atoms with E-state index in [0.717, 1.165) is 44.8 Å². The van der Waals surface area contributed by atoms with Gasteiger partial charge in [0.15, 0.2) is 5.69 Å². The molecule has 2 aliphatic rings. The minimum absolute atomic E-state index is 0.622.